The molecule has 1 rings (SSSR count). The van der Waals surface area contributed by atoms with Crippen molar-refractivity contribution in [2.45, 2.75) is 46.0 Å². The van der Waals surface area contributed by atoms with Gasteiger partial charge in [-0.2, -0.15) is 0 Å². The molecule has 0 spiro atoms. The molecule has 0 aliphatic rings. The van der Waals surface area contributed by atoms with E-state index in [0.29, 0.717) is 0 Å². The molecule has 0 atom stereocenters. The summed E-state index contributed by atoms with van der Waals surface area (Å²) in [5.74, 6) is 0. The monoisotopic (exact) mass is 177 g/mol. The zero-order valence-electron chi connectivity index (χ0n) is 9.09. The van der Waals surface area contributed by atoms with Crippen LogP contribution < -0.4 is 0 Å². The largest absolute Gasteiger partial charge is 0.264 e. The molecule has 0 saturated heterocycles. The molecule has 13 heavy (non-hydrogen) atoms. The summed E-state index contributed by atoms with van der Waals surface area (Å²) in [6, 6.07) is 2.24. The Labute approximate surface area is 81.2 Å². The fourth-order valence-corrected chi connectivity index (χ4v) is 1.69. The number of hydrogen-bond donors (Lipinski definition) is 0. The average molecular weight is 177 g/mol. The standard InChI is InChI=1S/C12H19N/c1-5-6-12(3,4)11-7-10(2)8-13-9-11/h7-9H,5-6H2,1-4H3. The summed E-state index contributed by atoms with van der Waals surface area (Å²) < 4.78 is 0. The van der Waals surface area contributed by atoms with Crippen LogP contribution in [0.5, 0.6) is 0 Å². The van der Waals surface area contributed by atoms with Crippen LogP contribution in [0.4, 0.5) is 0 Å². The molecular weight excluding hydrogens is 158 g/mol. The van der Waals surface area contributed by atoms with E-state index in [1.165, 1.54) is 24.0 Å². The normalized spacial score (nSPS) is 11.7. The maximum atomic E-state index is 4.23. The molecule has 0 N–H and O–H groups in total. The zero-order chi connectivity index (χ0) is 9.90. The lowest BCUT2D eigenvalue weighted by Crippen LogP contribution is -2.16. The Hall–Kier alpha value is -0.850. The van der Waals surface area contributed by atoms with Gasteiger partial charge in [0.2, 0.25) is 0 Å². The van der Waals surface area contributed by atoms with Crippen LogP contribution in [0.3, 0.4) is 0 Å². The van der Waals surface area contributed by atoms with Gasteiger partial charge in [0.25, 0.3) is 0 Å². The Morgan fingerprint density at radius 2 is 2.00 bits per heavy atom. The minimum Gasteiger partial charge on any atom is -0.264 e. The first-order chi connectivity index (χ1) is 6.06. The third-order valence-corrected chi connectivity index (χ3v) is 2.53. The number of pyridine rings is 1. The smallest absolute Gasteiger partial charge is 0.0305 e. The van der Waals surface area contributed by atoms with Crippen LogP contribution in [-0.2, 0) is 5.41 Å². The molecule has 0 aromatic carbocycles. The van der Waals surface area contributed by atoms with Crippen molar-refractivity contribution < 1.29 is 0 Å². The Morgan fingerprint density at radius 1 is 1.31 bits per heavy atom. The predicted octanol–water partition coefficient (Wildman–Crippen LogP) is 3.47. The summed E-state index contributed by atoms with van der Waals surface area (Å²) in [4.78, 5) is 4.23. The molecule has 1 aromatic heterocycles. The lowest BCUT2D eigenvalue weighted by molar-refractivity contribution is 0.471. The second kappa shape index (κ2) is 3.91. The molecule has 72 valence electrons. The lowest BCUT2D eigenvalue weighted by Gasteiger charge is -2.24. The van der Waals surface area contributed by atoms with Crippen molar-refractivity contribution >= 4 is 0 Å². The number of nitrogens with zero attached hydrogens (tertiary/aromatic N) is 1. The van der Waals surface area contributed by atoms with E-state index in [1.54, 1.807) is 0 Å². The highest BCUT2D eigenvalue weighted by molar-refractivity contribution is 5.23. The predicted molar refractivity (Wildman–Crippen MR) is 56.9 cm³/mol. The van der Waals surface area contributed by atoms with E-state index in [2.05, 4.69) is 38.7 Å². The minimum absolute atomic E-state index is 0.272. The highest BCUT2D eigenvalue weighted by atomic mass is 14.6. The first-order valence-electron chi connectivity index (χ1n) is 4.98. The van der Waals surface area contributed by atoms with Crippen molar-refractivity contribution in [3.05, 3.63) is 29.6 Å². The van der Waals surface area contributed by atoms with Crippen LogP contribution in [0.25, 0.3) is 0 Å². The summed E-state index contributed by atoms with van der Waals surface area (Å²) in [5, 5.41) is 0. The van der Waals surface area contributed by atoms with Crippen molar-refractivity contribution in [2.75, 3.05) is 0 Å². The number of aryl methyl sites for hydroxylation is 1. The Balaban J connectivity index is 2.93. The van der Waals surface area contributed by atoms with Gasteiger partial charge in [0.05, 0.1) is 0 Å². The molecule has 0 unspecified atom stereocenters. The van der Waals surface area contributed by atoms with Crippen molar-refractivity contribution in [2.24, 2.45) is 0 Å². The van der Waals surface area contributed by atoms with Gasteiger partial charge < -0.3 is 0 Å². The molecule has 0 radical (unpaired) electrons. The molecule has 1 aromatic rings. The highest BCUT2D eigenvalue weighted by Crippen LogP contribution is 2.27. The highest BCUT2D eigenvalue weighted by Gasteiger charge is 2.19. The fraction of sp³-hybridized carbons (Fsp3) is 0.583. The lowest BCUT2D eigenvalue weighted by atomic mass is 9.81. The van der Waals surface area contributed by atoms with Gasteiger partial charge in [0.1, 0.15) is 0 Å². The molecule has 1 heterocycles. The zero-order valence-corrected chi connectivity index (χ0v) is 9.09. The van der Waals surface area contributed by atoms with Crippen molar-refractivity contribution in [1.29, 1.82) is 0 Å². The quantitative estimate of drug-likeness (QED) is 0.689. The van der Waals surface area contributed by atoms with E-state index in [-0.39, 0.29) is 5.41 Å². The topological polar surface area (TPSA) is 12.9 Å². The molecule has 0 amide bonds. The van der Waals surface area contributed by atoms with Gasteiger partial charge in [-0.05, 0) is 29.9 Å². The molecular formula is C12H19N. The summed E-state index contributed by atoms with van der Waals surface area (Å²) in [6.07, 6.45) is 6.34. The maximum Gasteiger partial charge on any atom is 0.0305 e. The van der Waals surface area contributed by atoms with E-state index >= 15 is 0 Å². The van der Waals surface area contributed by atoms with Crippen LogP contribution in [0.1, 0.15) is 44.7 Å². The molecule has 0 fully saturated rings. The maximum absolute atomic E-state index is 4.23. The minimum atomic E-state index is 0.272. The average Bonchev–Trinajstić information content (AvgIpc) is 2.04. The van der Waals surface area contributed by atoms with Gasteiger partial charge in [-0.3, -0.25) is 4.98 Å². The first-order valence-corrected chi connectivity index (χ1v) is 4.98. The SMILES string of the molecule is CCCC(C)(C)c1cncc(C)c1. The molecule has 0 aliphatic heterocycles. The van der Waals surface area contributed by atoms with Crippen molar-refractivity contribution in [3.8, 4) is 0 Å². The van der Waals surface area contributed by atoms with E-state index in [1.807, 2.05) is 12.4 Å². The van der Waals surface area contributed by atoms with Gasteiger partial charge in [0, 0.05) is 12.4 Å². The second-order valence-electron chi connectivity index (χ2n) is 4.38. The summed E-state index contributed by atoms with van der Waals surface area (Å²) in [5.41, 5.74) is 2.88. The second-order valence-corrected chi connectivity index (χ2v) is 4.38. The van der Waals surface area contributed by atoms with Crippen LogP contribution in [0, 0.1) is 6.92 Å². The Bertz CT molecular complexity index is 276. The van der Waals surface area contributed by atoms with Crippen LogP contribution in [-0.4, -0.2) is 4.98 Å². The Kier molecular flexibility index (Phi) is 3.07. The number of rotatable bonds is 3. The van der Waals surface area contributed by atoms with Gasteiger partial charge in [-0.25, -0.2) is 0 Å². The van der Waals surface area contributed by atoms with E-state index in [4.69, 9.17) is 0 Å². The summed E-state index contributed by atoms with van der Waals surface area (Å²) >= 11 is 0. The molecule has 1 nitrogen and oxygen atoms in total. The Morgan fingerprint density at radius 3 is 2.54 bits per heavy atom. The summed E-state index contributed by atoms with van der Waals surface area (Å²) in [6.45, 7) is 8.89. The van der Waals surface area contributed by atoms with E-state index in [0.717, 1.165) is 0 Å². The third kappa shape index (κ3) is 2.55. The molecule has 0 bridgehead atoms. The van der Waals surface area contributed by atoms with E-state index in [9.17, 15) is 0 Å². The third-order valence-electron chi connectivity index (χ3n) is 2.53. The van der Waals surface area contributed by atoms with Crippen molar-refractivity contribution in [1.82, 2.24) is 4.98 Å². The van der Waals surface area contributed by atoms with Crippen LogP contribution in [0.2, 0.25) is 0 Å². The first kappa shape index (κ1) is 10.2. The van der Waals surface area contributed by atoms with E-state index < -0.39 is 0 Å². The van der Waals surface area contributed by atoms with Crippen LogP contribution in [0.15, 0.2) is 18.5 Å². The van der Waals surface area contributed by atoms with Crippen LogP contribution >= 0.6 is 0 Å². The molecule has 1 heteroatoms. The molecule has 0 saturated carbocycles. The van der Waals surface area contributed by atoms with Gasteiger partial charge >= 0.3 is 0 Å². The van der Waals surface area contributed by atoms with Gasteiger partial charge in [-0.1, -0.05) is 33.3 Å². The van der Waals surface area contributed by atoms with Crippen molar-refractivity contribution in [3.63, 3.8) is 0 Å². The molecule has 0 aliphatic carbocycles. The van der Waals surface area contributed by atoms with Gasteiger partial charge in [0.15, 0.2) is 0 Å². The number of aromatic nitrogens is 1. The fourth-order valence-electron chi connectivity index (χ4n) is 1.69. The van der Waals surface area contributed by atoms with Gasteiger partial charge in [-0.15, -0.1) is 0 Å². The number of hydrogen-bond acceptors (Lipinski definition) is 1. The summed E-state index contributed by atoms with van der Waals surface area (Å²) in [7, 11) is 0.